The average molecular weight is 533 g/mol. The zero-order valence-corrected chi connectivity index (χ0v) is 19.3. The summed E-state index contributed by atoms with van der Waals surface area (Å²) in [4.78, 5) is 68.9. The summed E-state index contributed by atoms with van der Waals surface area (Å²) in [5.74, 6) is -6.27. The van der Waals surface area contributed by atoms with Gasteiger partial charge in [-0.1, -0.05) is 21.6 Å². The van der Waals surface area contributed by atoms with Crippen molar-refractivity contribution in [2.75, 3.05) is 11.5 Å². The van der Waals surface area contributed by atoms with Gasteiger partial charge in [-0.2, -0.15) is 16.8 Å². The number of carbonyl (C=O) groups is 6. The molecule has 0 aromatic carbocycles. The third-order valence-electron chi connectivity index (χ3n) is 3.72. The molecule has 2 aliphatic heterocycles. The smallest absolute Gasteiger partial charge is 0.330 e. The Morgan fingerprint density at radius 2 is 0.938 bits per heavy atom. The Morgan fingerprint density at radius 3 is 1.22 bits per heavy atom. The molecule has 4 amide bonds. The number of nitrogens with zero attached hydrogens (tertiary/aromatic N) is 2. The molecular formula is C14H16N2O12S4. The lowest BCUT2D eigenvalue weighted by Gasteiger charge is -2.13. The summed E-state index contributed by atoms with van der Waals surface area (Å²) in [6, 6.07) is 0. The summed E-state index contributed by atoms with van der Waals surface area (Å²) < 4.78 is 55.5. The molecule has 2 saturated heterocycles. The van der Waals surface area contributed by atoms with Crippen LogP contribution >= 0.6 is 21.6 Å². The quantitative estimate of drug-likeness (QED) is 0.179. The minimum Gasteiger partial charge on any atom is -0.330 e. The van der Waals surface area contributed by atoms with Gasteiger partial charge in [-0.15, -0.1) is 8.61 Å². The maximum absolute atomic E-state index is 11.8. The van der Waals surface area contributed by atoms with Crippen LogP contribution in [0.1, 0.15) is 38.5 Å². The Bertz CT molecular complexity index is 936. The first-order valence-electron chi connectivity index (χ1n) is 8.76. The summed E-state index contributed by atoms with van der Waals surface area (Å²) in [6.07, 6.45) is -1.98. The summed E-state index contributed by atoms with van der Waals surface area (Å²) in [6.45, 7) is 0. The van der Waals surface area contributed by atoms with Crippen molar-refractivity contribution in [1.82, 2.24) is 8.61 Å². The van der Waals surface area contributed by atoms with Crippen LogP contribution in [0.15, 0.2) is 0 Å². The van der Waals surface area contributed by atoms with E-state index in [2.05, 4.69) is 8.37 Å². The molecule has 2 fully saturated rings. The molecule has 0 unspecified atom stereocenters. The number of amides is 4. The van der Waals surface area contributed by atoms with Gasteiger partial charge in [-0.05, 0) is 0 Å². The molecule has 14 nitrogen and oxygen atoms in total. The van der Waals surface area contributed by atoms with Gasteiger partial charge in [0.25, 0.3) is 0 Å². The molecule has 0 bridgehead atoms. The highest BCUT2D eigenvalue weighted by molar-refractivity contribution is 8.76. The fourth-order valence-electron chi connectivity index (χ4n) is 2.37. The van der Waals surface area contributed by atoms with Crippen LogP contribution in [0.3, 0.4) is 0 Å². The zero-order valence-electron chi connectivity index (χ0n) is 16.1. The monoisotopic (exact) mass is 532 g/mol. The van der Waals surface area contributed by atoms with Gasteiger partial charge in [0.2, 0.25) is 23.6 Å². The van der Waals surface area contributed by atoms with Crippen molar-refractivity contribution >= 4 is 77.8 Å². The second-order valence-electron chi connectivity index (χ2n) is 6.07. The van der Waals surface area contributed by atoms with E-state index in [0.29, 0.717) is 0 Å². The molecule has 0 aliphatic carbocycles. The molecule has 0 saturated carbocycles. The van der Waals surface area contributed by atoms with Crippen LogP contribution in [0.25, 0.3) is 0 Å². The fraction of sp³-hybridized carbons (Fsp3) is 0.571. The predicted molar refractivity (Wildman–Crippen MR) is 106 cm³/mol. The summed E-state index contributed by atoms with van der Waals surface area (Å²) in [7, 11) is -7.65. The molecule has 0 N–H and O–H groups in total. The highest BCUT2D eigenvalue weighted by atomic mass is 33.1. The van der Waals surface area contributed by atoms with Gasteiger partial charge in [-0.3, -0.25) is 28.8 Å². The van der Waals surface area contributed by atoms with Gasteiger partial charge in [0.05, 0.1) is 12.8 Å². The largest absolute Gasteiger partial charge is 0.421 e. The number of carbonyl (C=O) groups excluding carboxylic acids is 6. The molecule has 18 heteroatoms. The molecule has 0 spiro atoms. The van der Waals surface area contributed by atoms with Gasteiger partial charge >= 0.3 is 32.5 Å². The van der Waals surface area contributed by atoms with Gasteiger partial charge in [-0.25, -0.2) is 0 Å². The lowest BCUT2D eigenvalue weighted by atomic mass is 10.4. The van der Waals surface area contributed by atoms with Crippen molar-refractivity contribution in [3.63, 3.8) is 0 Å². The van der Waals surface area contributed by atoms with Crippen LogP contribution in [-0.4, -0.2) is 72.5 Å². The van der Waals surface area contributed by atoms with E-state index >= 15 is 0 Å². The van der Waals surface area contributed by atoms with E-state index in [1.807, 2.05) is 0 Å². The van der Waals surface area contributed by atoms with Crippen molar-refractivity contribution in [2.24, 2.45) is 0 Å². The molecule has 2 heterocycles. The first kappa shape index (κ1) is 26.1. The van der Waals surface area contributed by atoms with Crippen molar-refractivity contribution in [3.8, 4) is 0 Å². The Balaban J connectivity index is 1.65. The number of hydrogen-bond acceptors (Lipinski definition) is 14. The summed E-state index contributed by atoms with van der Waals surface area (Å²) in [5.41, 5.74) is 0. The number of rotatable bonds is 11. The van der Waals surface area contributed by atoms with Crippen molar-refractivity contribution < 1.29 is 54.0 Å². The van der Waals surface area contributed by atoms with Crippen molar-refractivity contribution in [2.45, 2.75) is 38.5 Å². The SMILES string of the molecule is O=C(CCSSCCC(=O)OS(=O)(=O)N1C(=O)CCC1=O)OS(=O)(=O)N1C(=O)CCC1=O. The second-order valence-corrected chi connectivity index (χ2v) is 11.6. The first-order chi connectivity index (χ1) is 14.8. The molecule has 0 radical (unpaired) electrons. The number of imide groups is 2. The van der Waals surface area contributed by atoms with Gasteiger partial charge in [0.15, 0.2) is 0 Å². The van der Waals surface area contributed by atoms with Crippen molar-refractivity contribution in [1.29, 1.82) is 0 Å². The second kappa shape index (κ2) is 10.6. The normalized spacial score (nSPS) is 17.2. The highest BCUT2D eigenvalue weighted by Gasteiger charge is 2.42. The molecule has 32 heavy (non-hydrogen) atoms. The molecule has 0 atom stereocenters. The average Bonchev–Trinajstić information content (AvgIpc) is 3.18. The molecule has 178 valence electrons. The van der Waals surface area contributed by atoms with E-state index in [9.17, 15) is 45.6 Å². The van der Waals surface area contributed by atoms with Gasteiger partial charge < -0.3 is 8.37 Å². The van der Waals surface area contributed by atoms with Crippen LogP contribution in [0.4, 0.5) is 0 Å². The lowest BCUT2D eigenvalue weighted by Crippen LogP contribution is -2.38. The van der Waals surface area contributed by atoms with Crippen LogP contribution in [0, 0.1) is 0 Å². The van der Waals surface area contributed by atoms with E-state index in [4.69, 9.17) is 0 Å². The van der Waals surface area contributed by atoms with Gasteiger partial charge in [0.1, 0.15) is 0 Å². The highest BCUT2D eigenvalue weighted by Crippen LogP contribution is 2.24. The van der Waals surface area contributed by atoms with Crippen molar-refractivity contribution in [3.05, 3.63) is 0 Å². The Kier molecular flexibility index (Phi) is 8.66. The Labute approximate surface area is 190 Å². The standard InChI is InChI=1S/C14H16N2O12S4/c17-9-1-2-10(18)15(9)31(23,24)27-13(21)5-7-29-30-8-6-14(22)28-32(25,26)16-11(19)3-4-12(16)20/h1-8H2. The van der Waals surface area contributed by atoms with E-state index in [0.717, 1.165) is 21.6 Å². The van der Waals surface area contributed by atoms with Crippen LogP contribution < -0.4 is 0 Å². The van der Waals surface area contributed by atoms with Crippen LogP contribution in [0.5, 0.6) is 0 Å². The first-order valence-corrected chi connectivity index (χ1v) is 14.0. The predicted octanol–water partition coefficient (Wildman–Crippen LogP) is -0.978. The maximum atomic E-state index is 11.8. The topological polar surface area (TPSA) is 196 Å². The lowest BCUT2D eigenvalue weighted by molar-refractivity contribution is -0.138. The molecule has 2 aliphatic rings. The van der Waals surface area contributed by atoms with E-state index < -0.39 is 69.0 Å². The molecule has 2 rings (SSSR count). The number of hydrogen-bond donors (Lipinski definition) is 0. The van der Waals surface area contributed by atoms with E-state index in [-0.39, 0.29) is 45.8 Å². The zero-order chi connectivity index (χ0) is 24.1. The van der Waals surface area contributed by atoms with Crippen LogP contribution in [0.2, 0.25) is 0 Å². The Morgan fingerprint density at radius 1 is 0.656 bits per heavy atom. The third kappa shape index (κ3) is 6.66. The van der Waals surface area contributed by atoms with Crippen LogP contribution in [-0.2, 0) is 57.7 Å². The molecule has 0 aromatic heterocycles. The summed E-state index contributed by atoms with van der Waals surface area (Å²) in [5, 5.41) is 0. The Hall–Kier alpha value is -2.18. The molecular weight excluding hydrogens is 516 g/mol. The van der Waals surface area contributed by atoms with Gasteiger partial charge in [0, 0.05) is 37.2 Å². The minimum absolute atomic E-state index is 0.0328. The summed E-state index contributed by atoms with van der Waals surface area (Å²) >= 11 is 0. The fourth-order valence-corrected chi connectivity index (χ4v) is 6.46. The molecule has 0 aromatic rings. The van der Waals surface area contributed by atoms with E-state index in [1.165, 1.54) is 0 Å². The minimum atomic E-state index is -4.85. The maximum Gasteiger partial charge on any atom is 0.421 e. The third-order valence-corrected chi connectivity index (χ3v) is 8.63. The van der Waals surface area contributed by atoms with E-state index in [1.54, 1.807) is 0 Å².